The van der Waals surface area contributed by atoms with Crippen molar-refractivity contribution in [2.24, 2.45) is 0 Å². The lowest BCUT2D eigenvalue weighted by atomic mass is 10.2. The molecule has 0 aliphatic heterocycles. The quantitative estimate of drug-likeness (QED) is 0.708. The van der Waals surface area contributed by atoms with Crippen LogP contribution in [0.4, 0.5) is 11.4 Å². The molecular weight excluding hydrogens is 371 g/mol. The third kappa shape index (κ3) is 4.99. The van der Waals surface area contributed by atoms with Crippen molar-refractivity contribution in [2.75, 3.05) is 10.6 Å². The SMILES string of the molecule is CC(=O)Nc1ccc(NC(=O)/C=C/c2c(Cl)cccc2Cl)c(Cl)c1. The first kappa shape index (κ1) is 18.3. The standard InChI is InChI=1S/C17H13Cl3N2O2/c1-10(23)21-11-5-7-16(15(20)9-11)22-17(24)8-6-12-13(18)3-2-4-14(12)19/h2-9H,1H3,(H,21,23)(H,22,24)/b8-6+. The van der Waals surface area contributed by atoms with Crippen molar-refractivity contribution in [3.63, 3.8) is 0 Å². The van der Waals surface area contributed by atoms with Crippen molar-refractivity contribution < 1.29 is 9.59 Å². The summed E-state index contributed by atoms with van der Waals surface area (Å²) in [5.41, 5.74) is 1.53. The van der Waals surface area contributed by atoms with Gasteiger partial charge in [0.2, 0.25) is 11.8 Å². The Balaban J connectivity index is 2.10. The monoisotopic (exact) mass is 382 g/mol. The largest absolute Gasteiger partial charge is 0.326 e. The van der Waals surface area contributed by atoms with E-state index < -0.39 is 0 Å². The molecule has 0 heterocycles. The Morgan fingerprint density at radius 1 is 0.958 bits per heavy atom. The summed E-state index contributed by atoms with van der Waals surface area (Å²) in [4.78, 5) is 23.0. The zero-order valence-electron chi connectivity index (χ0n) is 12.6. The number of hydrogen-bond donors (Lipinski definition) is 2. The topological polar surface area (TPSA) is 58.2 Å². The molecule has 2 aromatic rings. The Hall–Kier alpha value is -2.01. The first-order valence-electron chi connectivity index (χ1n) is 6.87. The van der Waals surface area contributed by atoms with Crippen molar-refractivity contribution in [1.82, 2.24) is 0 Å². The van der Waals surface area contributed by atoms with Gasteiger partial charge in [0.05, 0.1) is 10.7 Å². The second kappa shape index (κ2) is 8.20. The van der Waals surface area contributed by atoms with E-state index in [-0.39, 0.29) is 11.8 Å². The fourth-order valence-electron chi connectivity index (χ4n) is 1.90. The van der Waals surface area contributed by atoms with Gasteiger partial charge in [0.15, 0.2) is 0 Å². The van der Waals surface area contributed by atoms with Crippen LogP contribution in [0, 0.1) is 0 Å². The van der Waals surface area contributed by atoms with Crippen LogP contribution < -0.4 is 10.6 Å². The average molecular weight is 384 g/mol. The molecule has 0 unspecified atom stereocenters. The summed E-state index contributed by atoms with van der Waals surface area (Å²) in [5.74, 6) is -0.595. The Labute approximate surface area is 154 Å². The van der Waals surface area contributed by atoms with E-state index in [1.807, 2.05) is 0 Å². The number of anilines is 2. The minimum absolute atomic E-state index is 0.206. The molecule has 0 saturated heterocycles. The zero-order valence-corrected chi connectivity index (χ0v) is 14.8. The fraction of sp³-hybridized carbons (Fsp3) is 0.0588. The Morgan fingerprint density at radius 2 is 1.62 bits per heavy atom. The predicted octanol–water partition coefficient (Wildman–Crippen LogP) is 5.26. The fourth-order valence-corrected chi connectivity index (χ4v) is 2.65. The molecule has 0 saturated carbocycles. The molecule has 124 valence electrons. The molecule has 2 N–H and O–H groups in total. The molecule has 2 aromatic carbocycles. The van der Waals surface area contributed by atoms with Gasteiger partial charge in [0, 0.05) is 34.3 Å². The molecule has 0 aromatic heterocycles. The van der Waals surface area contributed by atoms with Gasteiger partial charge in [-0.2, -0.15) is 0 Å². The number of carbonyl (C=O) groups excluding carboxylic acids is 2. The number of amides is 2. The number of nitrogens with one attached hydrogen (secondary N) is 2. The smallest absolute Gasteiger partial charge is 0.248 e. The van der Waals surface area contributed by atoms with E-state index in [2.05, 4.69) is 10.6 Å². The summed E-state index contributed by atoms with van der Waals surface area (Å²) in [6.07, 6.45) is 2.84. The Morgan fingerprint density at radius 3 is 2.21 bits per heavy atom. The lowest BCUT2D eigenvalue weighted by Crippen LogP contribution is -2.09. The second-order valence-electron chi connectivity index (χ2n) is 4.83. The summed E-state index contributed by atoms with van der Waals surface area (Å²) in [7, 11) is 0. The first-order chi connectivity index (χ1) is 11.4. The minimum Gasteiger partial charge on any atom is -0.326 e. The highest BCUT2D eigenvalue weighted by atomic mass is 35.5. The van der Waals surface area contributed by atoms with Crippen LogP contribution in [0.1, 0.15) is 12.5 Å². The van der Waals surface area contributed by atoms with Gasteiger partial charge in [-0.15, -0.1) is 0 Å². The summed E-state index contributed by atoms with van der Waals surface area (Å²) in [6.45, 7) is 1.40. The molecule has 2 amide bonds. The second-order valence-corrected chi connectivity index (χ2v) is 6.06. The van der Waals surface area contributed by atoms with Gasteiger partial charge < -0.3 is 10.6 Å². The highest BCUT2D eigenvalue weighted by Gasteiger charge is 2.06. The number of rotatable bonds is 4. The Bertz CT molecular complexity index is 799. The summed E-state index contributed by atoms with van der Waals surface area (Å²) in [6, 6.07) is 9.87. The van der Waals surface area contributed by atoms with Crippen LogP contribution in [0.15, 0.2) is 42.5 Å². The van der Waals surface area contributed by atoms with Crippen LogP contribution >= 0.6 is 34.8 Å². The van der Waals surface area contributed by atoms with E-state index in [4.69, 9.17) is 34.8 Å². The molecule has 24 heavy (non-hydrogen) atoms. The van der Waals surface area contributed by atoms with Gasteiger partial charge in [-0.25, -0.2) is 0 Å². The molecule has 0 aliphatic carbocycles. The maximum atomic E-state index is 12.0. The third-order valence-electron chi connectivity index (χ3n) is 2.95. The molecule has 0 radical (unpaired) electrons. The van der Waals surface area contributed by atoms with Crippen LogP contribution in [0.2, 0.25) is 15.1 Å². The number of halogens is 3. The van der Waals surface area contributed by atoms with Crippen molar-refractivity contribution in [3.05, 3.63) is 63.1 Å². The minimum atomic E-state index is -0.389. The Kier molecular flexibility index (Phi) is 6.26. The average Bonchev–Trinajstić information content (AvgIpc) is 2.49. The third-order valence-corrected chi connectivity index (χ3v) is 3.92. The van der Waals surface area contributed by atoms with Crippen molar-refractivity contribution in [1.29, 1.82) is 0 Å². The van der Waals surface area contributed by atoms with E-state index >= 15 is 0 Å². The van der Waals surface area contributed by atoms with Crippen molar-refractivity contribution >= 4 is 64.1 Å². The summed E-state index contributed by atoms with van der Waals surface area (Å²) >= 11 is 18.2. The van der Waals surface area contributed by atoms with Crippen LogP contribution in [0.3, 0.4) is 0 Å². The van der Waals surface area contributed by atoms with Gasteiger partial charge in [0.1, 0.15) is 0 Å². The van der Waals surface area contributed by atoms with Crippen molar-refractivity contribution in [2.45, 2.75) is 6.92 Å². The maximum absolute atomic E-state index is 12.0. The van der Waals surface area contributed by atoms with Crippen molar-refractivity contribution in [3.8, 4) is 0 Å². The lowest BCUT2D eigenvalue weighted by Gasteiger charge is -2.08. The van der Waals surface area contributed by atoms with Crippen LogP contribution in [-0.2, 0) is 9.59 Å². The summed E-state index contributed by atoms with van der Waals surface area (Å²) in [5, 5.41) is 6.45. The highest BCUT2D eigenvalue weighted by Crippen LogP contribution is 2.27. The molecule has 0 aliphatic rings. The molecule has 2 rings (SSSR count). The van der Waals surface area contributed by atoms with Gasteiger partial charge in [-0.1, -0.05) is 40.9 Å². The summed E-state index contributed by atoms with van der Waals surface area (Å²) < 4.78 is 0. The number of hydrogen-bond acceptors (Lipinski definition) is 2. The van der Waals surface area contributed by atoms with E-state index in [9.17, 15) is 9.59 Å². The molecule has 7 heteroatoms. The van der Waals surface area contributed by atoms with Crippen LogP contribution in [0.5, 0.6) is 0 Å². The van der Waals surface area contributed by atoms with Gasteiger partial charge >= 0.3 is 0 Å². The lowest BCUT2D eigenvalue weighted by molar-refractivity contribution is -0.114. The van der Waals surface area contributed by atoms with Gasteiger partial charge in [-0.3, -0.25) is 9.59 Å². The molecule has 0 atom stereocenters. The van der Waals surface area contributed by atoms with Gasteiger partial charge in [0.25, 0.3) is 0 Å². The molecule has 0 spiro atoms. The maximum Gasteiger partial charge on any atom is 0.248 e. The van der Waals surface area contributed by atoms with E-state index in [1.54, 1.807) is 36.4 Å². The molecule has 0 fully saturated rings. The van der Waals surface area contributed by atoms with Crippen LogP contribution in [0.25, 0.3) is 6.08 Å². The normalized spacial score (nSPS) is 10.7. The predicted molar refractivity (Wildman–Crippen MR) is 99.9 cm³/mol. The van der Waals surface area contributed by atoms with E-state index in [0.717, 1.165) is 0 Å². The van der Waals surface area contributed by atoms with Gasteiger partial charge in [-0.05, 0) is 36.4 Å². The first-order valence-corrected chi connectivity index (χ1v) is 8.00. The molecule has 4 nitrogen and oxygen atoms in total. The number of benzene rings is 2. The van der Waals surface area contributed by atoms with E-state index in [1.165, 1.54) is 19.1 Å². The van der Waals surface area contributed by atoms with E-state index in [0.29, 0.717) is 32.0 Å². The highest BCUT2D eigenvalue weighted by molar-refractivity contribution is 6.37. The zero-order chi connectivity index (χ0) is 17.7. The van der Waals surface area contributed by atoms with Crippen LogP contribution in [-0.4, -0.2) is 11.8 Å². The molecule has 0 bridgehead atoms. The molecular formula is C17H13Cl3N2O2. The number of carbonyl (C=O) groups is 2.